The molecule has 0 atom stereocenters. The molecule has 7 heteroatoms. The highest BCUT2D eigenvalue weighted by molar-refractivity contribution is 7.13. The Morgan fingerprint density at radius 1 is 1.36 bits per heavy atom. The van der Waals surface area contributed by atoms with Crippen LogP contribution < -0.4 is 10.1 Å². The molecule has 0 unspecified atom stereocenters. The maximum atomic E-state index is 12.0. The molecular formula is C18H19N3O3S. The number of hydrogen-bond donors (Lipinski definition) is 1. The van der Waals surface area contributed by atoms with E-state index >= 15 is 0 Å². The van der Waals surface area contributed by atoms with Gasteiger partial charge in [0, 0.05) is 19.4 Å². The van der Waals surface area contributed by atoms with Crippen molar-refractivity contribution in [2.45, 2.75) is 26.3 Å². The SMILES string of the molecule is COc1cc(CNC(=O)CCc2nc(-c3cccs3)no2)ccc1C. The minimum Gasteiger partial charge on any atom is -0.496 e. The van der Waals surface area contributed by atoms with Gasteiger partial charge in [0.05, 0.1) is 12.0 Å². The third kappa shape index (κ3) is 4.45. The van der Waals surface area contributed by atoms with Gasteiger partial charge in [0.15, 0.2) is 0 Å². The van der Waals surface area contributed by atoms with E-state index < -0.39 is 0 Å². The molecule has 3 aromatic rings. The zero-order valence-electron chi connectivity index (χ0n) is 14.1. The van der Waals surface area contributed by atoms with E-state index in [4.69, 9.17) is 9.26 Å². The molecule has 2 heterocycles. The van der Waals surface area contributed by atoms with Gasteiger partial charge in [-0.1, -0.05) is 23.4 Å². The van der Waals surface area contributed by atoms with Gasteiger partial charge in [0.1, 0.15) is 5.75 Å². The number of nitrogens with zero attached hydrogens (tertiary/aromatic N) is 2. The highest BCUT2D eigenvalue weighted by Crippen LogP contribution is 2.21. The molecule has 0 bridgehead atoms. The lowest BCUT2D eigenvalue weighted by Gasteiger charge is -2.08. The summed E-state index contributed by atoms with van der Waals surface area (Å²) in [6.07, 6.45) is 0.719. The van der Waals surface area contributed by atoms with Crippen LogP contribution in [-0.4, -0.2) is 23.2 Å². The van der Waals surface area contributed by atoms with E-state index in [9.17, 15) is 4.79 Å². The average Bonchev–Trinajstić information content (AvgIpc) is 3.30. The van der Waals surface area contributed by atoms with Crippen LogP contribution in [0.15, 0.2) is 40.2 Å². The van der Waals surface area contributed by atoms with Gasteiger partial charge in [-0.25, -0.2) is 0 Å². The lowest BCUT2D eigenvalue weighted by Crippen LogP contribution is -2.23. The van der Waals surface area contributed by atoms with E-state index in [1.54, 1.807) is 18.4 Å². The van der Waals surface area contributed by atoms with E-state index in [1.165, 1.54) is 0 Å². The van der Waals surface area contributed by atoms with Crippen LogP contribution >= 0.6 is 11.3 Å². The minimum atomic E-state index is -0.0598. The Morgan fingerprint density at radius 2 is 2.24 bits per heavy atom. The van der Waals surface area contributed by atoms with Crippen molar-refractivity contribution in [3.05, 3.63) is 52.7 Å². The molecular weight excluding hydrogens is 338 g/mol. The molecule has 2 aromatic heterocycles. The van der Waals surface area contributed by atoms with E-state index in [1.807, 2.05) is 42.6 Å². The van der Waals surface area contributed by atoms with Crippen LogP contribution in [0.3, 0.4) is 0 Å². The summed E-state index contributed by atoms with van der Waals surface area (Å²) >= 11 is 1.55. The van der Waals surface area contributed by atoms with Crippen molar-refractivity contribution in [3.63, 3.8) is 0 Å². The molecule has 1 amide bonds. The van der Waals surface area contributed by atoms with Crippen LogP contribution in [0.25, 0.3) is 10.7 Å². The van der Waals surface area contributed by atoms with Crippen LogP contribution in [0.4, 0.5) is 0 Å². The van der Waals surface area contributed by atoms with Crippen molar-refractivity contribution in [3.8, 4) is 16.5 Å². The van der Waals surface area contributed by atoms with Crippen LogP contribution in [0.2, 0.25) is 0 Å². The summed E-state index contributed by atoms with van der Waals surface area (Å²) in [6.45, 7) is 2.44. The second-order valence-corrected chi connectivity index (χ2v) is 6.52. The molecule has 0 aliphatic rings. The van der Waals surface area contributed by atoms with Gasteiger partial charge >= 0.3 is 0 Å². The van der Waals surface area contributed by atoms with Crippen LogP contribution in [0.1, 0.15) is 23.4 Å². The lowest BCUT2D eigenvalue weighted by molar-refractivity contribution is -0.121. The highest BCUT2D eigenvalue weighted by atomic mass is 32.1. The molecule has 25 heavy (non-hydrogen) atoms. The minimum absolute atomic E-state index is 0.0598. The number of nitrogens with one attached hydrogen (secondary N) is 1. The molecule has 1 aromatic carbocycles. The summed E-state index contributed by atoms with van der Waals surface area (Å²) in [4.78, 5) is 17.3. The van der Waals surface area contributed by atoms with Gasteiger partial charge in [-0.05, 0) is 35.6 Å². The van der Waals surface area contributed by atoms with Crippen molar-refractivity contribution >= 4 is 17.2 Å². The van der Waals surface area contributed by atoms with E-state index in [0.29, 0.717) is 31.1 Å². The molecule has 0 radical (unpaired) electrons. The molecule has 1 N–H and O–H groups in total. The number of hydrogen-bond acceptors (Lipinski definition) is 6. The molecule has 6 nitrogen and oxygen atoms in total. The average molecular weight is 357 g/mol. The zero-order chi connectivity index (χ0) is 17.6. The summed E-state index contributed by atoms with van der Waals surface area (Å²) < 4.78 is 10.5. The van der Waals surface area contributed by atoms with Gasteiger partial charge in [-0.2, -0.15) is 4.98 Å². The number of carbonyl (C=O) groups is 1. The Bertz CT molecular complexity index is 843. The topological polar surface area (TPSA) is 77.2 Å². The van der Waals surface area contributed by atoms with Crippen LogP contribution in [0, 0.1) is 6.92 Å². The van der Waals surface area contributed by atoms with Crippen molar-refractivity contribution in [1.82, 2.24) is 15.5 Å². The first-order chi connectivity index (χ1) is 12.2. The second-order valence-electron chi connectivity index (χ2n) is 5.57. The van der Waals surface area contributed by atoms with Crippen molar-refractivity contribution in [1.29, 1.82) is 0 Å². The van der Waals surface area contributed by atoms with E-state index in [2.05, 4.69) is 15.5 Å². The first-order valence-corrected chi connectivity index (χ1v) is 8.80. The largest absolute Gasteiger partial charge is 0.496 e. The molecule has 0 saturated heterocycles. The Kier molecular flexibility index (Phi) is 5.45. The second kappa shape index (κ2) is 7.94. The molecule has 0 saturated carbocycles. The summed E-state index contributed by atoms with van der Waals surface area (Å²) in [5.74, 6) is 1.79. The number of carbonyl (C=O) groups excluding carboxylic acids is 1. The molecule has 0 aliphatic carbocycles. The van der Waals surface area contributed by atoms with Gasteiger partial charge in [0.2, 0.25) is 17.6 Å². The summed E-state index contributed by atoms with van der Waals surface area (Å²) in [5, 5.41) is 8.79. The number of methoxy groups -OCH3 is 1. The normalized spacial score (nSPS) is 10.6. The van der Waals surface area contributed by atoms with Crippen molar-refractivity contribution in [2.75, 3.05) is 7.11 Å². The fourth-order valence-electron chi connectivity index (χ4n) is 2.35. The van der Waals surface area contributed by atoms with Crippen molar-refractivity contribution in [2.24, 2.45) is 0 Å². The third-order valence-corrected chi connectivity index (χ3v) is 4.60. The molecule has 3 rings (SSSR count). The number of thiophene rings is 1. The fraction of sp³-hybridized carbons (Fsp3) is 0.278. The quantitative estimate of drug-likeness (QED) is 0.701. The monoisotopic (exact) mass is 357 g/mol. The maximum Gasteiger partial charge on any atom is 0.227 e. The number of amides is 1. The Labute approximate surface area is 149 Å². The zero-order valence-corrected chi connectivity index (χ0v) is 14.9. The predicted octanol–water partition coefficient (Wildman–Crippen LogP) is 3.36. The standard InChI is InChI=1S/C18H19N3O3S/c1-12-5-6-13(10-14(12)23-2)11-19-16(22)7-8-17-20-18(21-24-17)15-4-3-9-25-15/h3-6,9-10H,7-8,11H2,1-2H3,(H,19,22). The number of benzene rings is 1. The van der Waals surface area contributed by atoms with Gasteiger partial charge < -0.3 is 14.6 Å². The van der Waals surface area contributed by atoms with Gasteiger partial charge in [0.25, 0.3) is 0 Å². The van der Waals surface area contributed by atoms with Gasteiger partial charge in [-0.3, -0.25) is 4.79 Å². The molecule has 0 aliphatic heterocycles. The number of ether oxygens (including phenoxy) is 1. The lowest BCUT2D eigenvalue weighted by atomic mass is 10.1. The molecule has 0 fully saturated rings. The van der Waals surface area contributed by atoms with E-state index in [-0.39, 0.29) is 5.91 Å². The summed E-state index contributed by atoms with van der Waals surface area (Å²) in [5.41, 5.74) is 2.06. The summed E-state index contributed by atoms with van der Waals surface area (Å²) in [7, 11) is 1.64. The highest BCUT2D eigenvalue weighted by Gasteiger charge is 2.11. The van der Waals surface area contributed by atoms with E-state index in [0.717, 1.165) is 21.8 Å². The summed E-state index contributed by atoms with van der Waals surface area (Å²) in [6, 6.07) is 9.75. The number of aromatic nitrogens is 2. The van der Waals surface area contributed by atoms with Crippen LogP contribution in [0.5, 0.6) is 5.75 Å². The molecule has 0 spiro atoms. The fourth-order valence-corrected chi connectivity index (χ4v) is 3.00. The number of aryl methyl sites for hydroxylation is 2. The molecule has 130 valence electrons. The Morgan fingerprint density at radius 3 is 3.00 bits per heavy atom. The first kappa shape index (κ1) is 17.2. The predicted molar refractivity (Wildman–Crippen MR) is 95.5 cm³/mol. The van der Waals surface area contributed by atoms with Gasteiger partial charge in [-0.15, -0.1) is 11.3 Å². The van der Waals surface area contributed by atoms with Crippen LogP contribution in [-0.2, 0) is 17.8 Å². The Balaban J connectivity index is 1.48. The smallest absolute Gasteiger partial charge is 0.227 e. The Hall–Kier alpha value is -2.67. The number of rotatable bonds is 7. The maximum absolute atomic E-state index is 12.0. The third-order valence-electron chi connectivity index (χ3n) is 3.74. The van der Waals surface area contributed by atoms with Crippen molar-refractivity contribution < 1.29 is 14.1 Å². The first-order valence-electron chi connectivity index (χ1n) is 7.92.